The van der Waals surface area contributed by atoms with Gasteiger partial charge in [0.25, 0.3) is 0 Å². The number of anilines is 1. The lowest BCUT2D eigenvalue weighted by atomic mass is 9.99. The van der Waals surface area contributed by atoms with Crippen molar-refractivity contribution >= 4 is 5.82 Å². The summed E-state index contributed by atoms with van der Waals surface area (Å²) in [5.41, 5.74) is 6.83. The molecule has 0 saturated heterocycles. The van der Waals surface area contributed by atoms with Crippen molar-refractivity contribution in [1.82, 2.24) is 5.16 Å². The van der Waals surface area contributed by atoms with Crippen molar-refractivity contribution in [2.75, 3.05) is 5.73 Å². The Balaban J connectivity index is 2.76. The molecule has 0 bridgehead atoms. The fourth-order valence-electron chi connectivity index (χ4n) is 1.56. The topological polar surface area (TPSA) is 52.0 Å². The van der Waals surface area contributed by atoms with E-state index in [1.807, 2.05) is 0 Å². The second-order valence-corrected chi connectivity index (χ2v) is 4.49. The Morgan fingerprint density at radius 3 is 2.43 bits per heavy atom. The van der Waals surface area contributed by atoms with Crippen LogP contribution in [-0.4, -0.2) is 5.16 Å². The van der Waals surface area contributed by atoms with E-state index in [-0.39, 0.29) is 0 Å². The molecular formula is C11H20N2O. The van der Waals surface area contributed by atoms with Crippen LogP contribution >= 0.6 is 0 Å². The van der Waals surface area contributed by atoms with E-state index >= 15 is 0 Å². The maximum Gasteiger partial charge on any atom is 0.170 e. The van der Waals surface area contributed by atoms with Crippen molar-refractivity contribution in [3.05, 3.63) is 11.3 Å². The van der Waals surface area contributed by atoms with Crippen molar-refractivity contribution in [3.63, 3.8) is 0 Å². The number of rotatable bonds is 4. The number of nitrogens with zero attached hydrogens (tertiary/aromatic N) is 1. The number of nitrogen functional groups attached to an aromatic ring is 1. The van der Waals surface area contributed by atoms with Gasteiger partial charge < -0.3 is 10.3 Å². The molecule has 1 aromatic heterocycles. The molecule has 0 spiro atoms. The predicted molar refractivity (Wildman–Crippen MR) is 58.2 cm³/mol. The summed E-state index contributed by atoms with van der Waals surface area (Å²) in [4.78, 5) is 0. The quantitative estimate of drug-likeness (QED) is 0.805. The Morgan fingerprint density at radius 2 is 1.93 bits per heavy atom. The van der Waals surface area contributed by atoms with Crippen molar-refractivity contribution < 1.29 is 4.52 Å². The average Bonchev–Trinajstić information content (AvgIpc) is 2.43. The molecule has 0 aliphatic rings. The van der Waals surface area contributed by atoms with E-state index in [0.717, 1.165) is 24.2 Å². The summed E-state index contributed by atoms with van der Waals surface area (Å²) in [7, 11) is 0. The maximum atomic E-state index is 5.74. The minimum Gasteiger partial charge on any atom is -0.381 e. The minimum atomic E-state index is 0.392. The van der Waals surface area contributed by atoms with Gasteiger partial charge in [-0.1, -0.05) is 32.9 Å². The zero-order valence-electron chi connectivity index (χ0n) is 9.50. The fourth-order valence-corrected chi connectivity index (χ4v) is 1.56. The van der Waals surface area contributed by atoms with E-state index in [1.54, 1.807) is 0 Å². The van der Waals surface area contributed by atoms with Gasteiger partial charge in [0.05, 0.1) is 0 Å². The van der Waals surface area contributed by atoms with Crippen molar-refractivity contribution in [2.24, 2.45) is 5.92 Å². The third-order valence-corrected chi connectivity index (χ3v) is 2.36. The third kappa shape index (κ3) is 2.50. The zero-order valence-corrected chi connectivity index (χ0v) is 9.50. The molecule has 0 saturated carbocycles. The second-order valence-electron chi connectivity index (χ2n) is 4.49. The first kappa shape index (κ1) is 11.1. The van der Waals surface area contributed by atoms with E-state index in [2.05, 4.69) is 32.9 Å². The van der Waals surface area contributed by atoms with Crippen molar-refractivity contribution in [3.8, 4) is 0 Å². The smallest absolute Gasteiger partial charge is 0.170 e. The molecule has 0 fully saturated rings. The van der Waals surface area contributed by atoms with Crippen LogP contribution in [0.25, 0.3) is 0 Å². The molecule has 0 radical (unpaired) electrons. The molecule has 80 valence electrons. The Morgan fingerprint density at radius 1 is 1.29 bits per heavy atom. The monoisotopic (exact) mass is 196 g/mol. The Hall–Kier alpha value is -0.990. The van der Waals surface area contributed by atoms with Crippen LogP contribution in [0, 0.1) is 5.92 Å². The summed E-state index contributed by atoms with van der Waals surface area (Å²) < 4.78 is 5.23. The molecule has 0 aliphatic carbocycles. The molecule has 0 atom stereocenters. The highest BCUT2D eigenvalue weighted by atomic mass is 16.5. The van der Waals surface area contributed by atoms with Crippen LogP contribution in [0.3, 0.4) is 0 Å². The number of hydrogen-bond acceptors (Lipinski definition) is 3. The number of nitrogens with two attached hydrogens (primary N) is 1. The zero-order chi connectivity index (χ0) is 10.7. The van der Waals surface area contributed by atoms with Crippen LogP contribution in [-0.2, 0) is 6.42 Å². The van der Waals surface area contributed by atoms with E-state index in [0.29, 0.717) is 17.7 Å². The van der Waals surface area contributed by atoms with Gasteiger partial charge in [-0.25, -0.2) is 0 Å². The van der Waals surface area contributed by atoms with Gasteiger partial charge in [-0.3, -0.25) is 0 Å². The minimum absolute atomic E-state index is 0.392. The highest BCUT2D eigenvalue weighted by Crippen LogP contribution is 2.26. The highest BCUT2D eigenvalue weighted by molar-refractivity contribution is 5.42. The van der Waals surface area contributed by atoms with Gasteiger partial charge in [0.2, 0.25) is 0 Å². The van der Waals surface area contributed by atoms with E-state index in [4.69, 9.17) is 10.3 Å². The van der Waals surface area contributed by atoms with Crippen LogP contribution in [0.15, 0.2) is 4.52 Å². The van der Waals surface area contributed by atoms with Gasteiger partial charge in [-0.15, -0.1) is 0 Å². The number of aryl methyl sites for hydroxylation is 1. The molecule has 0 aliphatic heterocycles. The summed E-state index contributed by atoms with van der Waals surface area (Å²) in [5.74, 6) is 2.59. The molecule has 0 unspecified atom stereocenters. The van der Waals surface area contributed by atoms with Gasteiger partial charge in [0, 0.05) is 12.0 Å². The molecule has 1 rings (SSSR count). The summed E-state index contributed by atoms with van der Waals surface area (Å²) >= 11 is 0. The lowest BCUT2D eigenvalue weighted by Gasteiger charge is -2.06. The van der Waals surface area contributed by atoms with Gasteiger partial charge in [0.15, 0.2) is 5.82 Å². The Bertz CT molecular complexity index is 289. The Kier molecular flexibility index (Phi) is 3.55. The molecule has 3 heteroatoms. The lowest BCUT2D eigenvalue weighted by molar-refractivity contribution is 0.373. The van der Waals surface area contributed by atoms with Gasteiger partial charge in [-0.2, -0.15) is 0 Å². The van der Waals surface area contributed by atoms with Crippen molar-refractivity contribution in [1.29, 1.82) is 0 Å². The molecule has 1 heterocycles. The van der Waals surface area contributed by atoms with Gasteiger partial charge in [-0.05, 0) is 18.3 Å². The molecular weight excluding hydrogens is 176 g/mol. The van der Waals surface area contributed by atoms with Gasteiger partial charge in [0.1, 0.15) is 5.76 Å². The van der Waals surface area contributed by atoms with E-state index in [9.17, 15) is 0 Å². The molecule has 0 aromatic carbocycles. The Labute approximate surface area is 85.7 Å². The first-order valence-electron chi connectivity index (χ1n) is 5.26. The average molecular weight is 196 g/mol. The summed E-state index contributed by atoms with van der Waals surface area (Å²) in [6, 6.07) is 0. The van der Waals surface area contributed by atoms with Crippen molar-refractivity contribution in [2.45, 2.75) is 46.5 Å². The highest BCUT2D eigenvalue weighted by Gasteiger charge is 2.16. The van der Waals surface area contributed by atoms with E-state index < -0.39 is 0 Å². The summed E-state index contributed by atoms with van der Waals surface area (Å²) in [6.45, 7) is 8.63. The maximum absolute atomic E-state index is 5.74. The van der Waals surface area contributed by atoms with Crippen LogP contribution in [0.5, 0.6) is 0 Å². The van der Waals surface area contributed by atoms with E-state index in [1.165, 1.54) is 0 Å². The molecule has 3 nitrogen and oxygen atoms in total. The normalized spacial score (nSPS) is 11.6. The lowest BCUT2D eigenvalue weighted by Crippen LogP contribution is -1.99. The van der Waals surface area contributed by atoms with Crippen LogP contribution in [0.4, 0.5) is 5.82 Å². The summed E-state index contributed by atoms with van der Waals surface area (Å²) in [5, 5.41) is 3.82. The number of aromatic nitrogens is 1. The van der Waals surface area contributed by atoms with Crippen LogP contribution in [0.2, 0.25) is 0 Å². The third-order valence-electron chi connectivity index (χ3n) is 2.36. The van der Waals surface area contributed by atoms with Crippen LogP contribution < -0.4 is 5.73 Å². The SMILES string of the molecule is CC(C)CCc1onc(N)c1C(C)C. The number of hydrogen-bond donors (Lipinski definition) is 1. The summed E-state index contributed by atoms with van der Waals surface area (Å²) in [6.07, 6.45) is 2.06. The molecule has 2 N–H and O–H groups in total. The second kappa shape index (κ2) is 4.49. The predicted octanol–water partition coefficient (Wildman–Crippen LogP) is 2.97. The van der Waals surface area contributed by atoms with Gasteiger partial charge >= 0.3 is 0 Å². The molecule has 1 aromatic rings. The molecule has 0 amide bonds. The molecule has 14 heavy (non-hydrogen) atoms. The first-order chi connectivity index (χ1) is 6.52. The standard InChI is InChI=1S/C11H20N2O/c1-7(2)5-6-9-10(8(3)4)11(12)13-14-9/h7-8H,5-6H2,1-4H3,(H2,12,13). The fraction of sp³-hybridized carbons (Fsp3) is 0.727. The van der Waals surface area contributed by atoms with Crippen LogP contribution in [0.1, 0.15) is 51.4 Å². The first-order valence-corrected chi connectivity index (χ1v) is 5.26. The largest absolute Gasteiger partial charge is 0.381 e.